The van der Waals surface area contributed by atoms with Gasteiger partial charge in [0.25, 0.3) is 5.91 Å². The lowest BCUT2D eigenvalue weighted by Crippen LogP contribution is -2.35. The van der Waals surface area contributed by atoms with E-state index in [0.717, 1.165) is 36.5 Å². The van der Waals surface area contributed by atoms with E-state index in [1.165, 1.54) is 12.5 Å². The van der Waals surface area contributed by atoms with E-state index in [4.69, 9.17) is 28.2 Å². The van der Waals surface area contributed by atoms with Crippen molar-refractivity contribution < 1.29 is 9.59 Å². The molecular weight excluding hydrogens is 485 g/mol. The molecule has 0 saturated heterocycles. The molecule has 0 spiro atoms. The molecule has 1 aliphatic rings. The minimum absolute atomic E-state index is 0.0277. The number of hydrogen-bond acceptors (Lipinski definition) is 5. The summed E-state index contributed by atoms with van der Waals surface area (Å²) in [6.45, 7) is 5.37. The molecular formula is C26H29Cl2N5O2. The molecule has 1 unspecified atom stereocenters. The van der Waals surface area contributed by atoms with Gasteiger partial charge in [0.15, 0.2) is 0 Å². The predicted octanol–water partition coefficient (Wildman–Crippen LogP) is 5.37. The number of benzene rings is 1. The number of rotatable bonds is 9. The number of pyridine rings is 1. The molecule has 35 heavy (non-hydrogen) atoms. The second-order valence-corrected chi connectivity index (χ2v) is 9.67. The van der Waals surface area contributed by atoms with Crippen molar-refractivity contribution in [3.8, 4) is 0 Å². The van der Waals surface area contributed by atoms with Gasteiger partial charge in [-0.05, 0) is 62.1 Å². The first kappa shape index (κ1) is 25.2. The highest BCUT2D eigenvalue weighted by Gasteiger charge is 2.27. The van der Waals surface area contributed by atoms with E-state index in [0.29, 0.717) is 35.1 Å². The van der Waals surface area contributed by atoms with Gasteiger partial charge in [-0.2, -0.15) is 5.10 Å². The van der Waals surface area contributed by atoms with Crippen LogP contribution < -0.4 is 5.32 Å². The number of fused-ring (bicyclic) bond motifs is 1. The van der Waals surface area contributed by atoms with Crippen LogP contribution in [0, 0.1) is 0 Å². The summed E-state index contributed by atoms with van der Waals surface area (Å²) in [6.07, 6.45) is 6.38. The molecule has 1 atom stereocenters. The highest BCUT2D eigenvalue weighted by Crippen LogP contribution is 2.31. The van der Waals surface area contributed by atoms with Gasteiger partial charge >= 0.3 is 0 Å². The Morgan fingerprint density at radius 3 is 2.69 bits per heavy atom. The monoisotopic (exact) mass is 513 g/mol. The maximum Gasteiger partial charge on any atom is 0.257 e. The van der Waals surface area contributed by atoms with Crippen molar-refractivity contribution in [1.82, 2.24) is 19.7 Å². The van der Waals surface area contributed by atoms with Gasteiger partial charge in [0, 0.05) is 54.4 Å². The molecule has 1 aliphatic heterocycles. The van der Waals surface area contributed by atoms with Crippen LogP contribution in [-0.2, 0) is 24.2 Å². The van der Waals surface area contributed by atoms with E-state index < -0.39 is 6.04 Å². The molecule has 0 aliphatic carbocycles. The Morgan fingerprint density at radius 1 is 1.20 bits per heavy atom. The SMILES string of the molecule is CCN(C(=O)c1cnn(CCc2ccc3c(n2)NCCC3)c1)C(CC(C)=O)c1cc(Cl)cc(Cl)c1. The van der Waals surface area contributed by atoms with Crippen LogP contribution in [0.5, 0.6) is 0 Å². The molecule has 0 saturated carbocycles. The van der Waals surface area contributed by atoms with Crippen LogP contribution in [0.15, 0.2) is 42.7 Å². The number of amides is 1. The third-order valence-electron chi connectivity index (χ3n) is 6.16. The van der Waals surface area contributed by atoms with Crippen LogP contribution in [-0.4, -0.2) is 44.4 Å². The number of aromatic nitrogens is 3. The van der Waals surface area contributed by atoms with Crippen LogP contribution >= 0.6 is 23.2 Å². The fourth-order valence-corrected chi connectivity index (χ4v) is 5.00. The van der Waals surface area contributed by atoms with E-state index in [2.05, 4.69) is 22.5 Å². The molecule has 1 aromatic carbocycles. The average molecular weight is 514 g/mol. The molecule has 1 amide bonds. The molecule has 0 fully saturated rings. The third kappa shape index (κ3) is 6.21. The molecule has 1 N–H and O–H groups in total. The first-order chi connectivity index (χ1) is 16.8. The Hall–Kier alpha value is -2.90. The van der Waals surface area contributed by atoms with Crippen molar-refractivity contribution >= 4 is 40.7 Å². The first-order valence-corrected chi connectivity index (χ1v) is 12.6. The van der Waals surface area contributed by atoms with E-state index in [1.54, 1.807) is 40.2 Å². The van der Waals surface area contributed by atoms with E-state index in [9.17, 15) is 9.59 Å². The van der Waals surface area contributed by atoms with Gasteiger partial charge in [-0.3, -0.25) is 14.3 Å². The number of hydrogen-bond donors (Lipinski definition) is 1. The summed E-state index contributed by atoms with van der Waals surface area (Å²) in [7, 11) is 0. The Balaban J connectivity index is 1.49. The Labute approximate surface area is 215 Å². The lowest BCUT2D eigenvalue weighted by atomic mass is 9.99. The molecule has 9 heteroatoms. The molecule has 3 aromatic rings. The molecule has 7 nitrogen and oxygen atoms in total. The number of anilines is 1. The number of nitrogens with one attached hydrogen (secondary N) is 1. The second-order valence-electron chi connectivity index (χ2n) is 8.80. The van der Waals surface area contributed by atoms with Crippen LogP contribution in [0.4, 0.5) is 5.82 Å². The van der Waals surface area contributed by atoms with Crippen LogP contribution in [0.25, 0.3) is 0 Å². The highest BCUT2D eigenvalue weighted by molar-refractivity contribution is 6.34. The van der Waals surface area contributed by atoms with Gasteiger partial charge < -0.3 is 10.2 Å². The quantitative estimate of drug-likeness (QED) is 0.416. The van der Waals surface area contributed by atoms with Crippen LogP contribution in [0.3, 0.4) is 0 Å². The second kappa shape index (κ2) is 11.2. The number of carbonyl (C=O) groups is 2. The highest BCUT2D eigenvalue weighted by atomic mass is 35.5. The summed E-state index contributed by atoms with van der Waals surface area (Å²) in [4.78, 5) is 31.9. The molecule has 184 valence electrons. The molecule has 3 heterocycles. The van der Waals surface area contributed by atoms with E-state index >= 15 is 0 Å². The zero-order valence-corrected chi connectivity index (χ0v) is 21.4. The number of halogens is 2. The summed E-state index contributed by atoms with van der Waals surface area (Å²) in [5.41, 5.74) is 3.43. The number of ketones is 1. The van der Waals surface area contributed by atoms with Crippen molar-refractivity contribution in [2.45, 2.75) is 52.1 Å². The lowest BCUT2D eigenvalue weighted by Gasteiger charge is -2.30. The van der Waals surface area contributed by atoms with Crippen molar-refractivity contribution in [3.05, 3.63) is 75.2 Å². The van der Waals surface area contributed by atoms with Crippen molar-refractivity contribution in [2.24, 2.45) is 0 Å². The lowest BCUT2D eigenvalue weighted by molar-refractivity contribution is -0.118. The summed E-state index contributed by atoms with van der Waals surface area (Å²) in [6, 6.07) is 8.85. The van der Waals surface area contributed by atoms with Gasteiger partial charge in [0.2, 0.25) is 0 Å². The zero-order valence-electron chi connectivity index (χ0n) is 19.9. The number of aryl methyl sites for hydroxylation is 3. The third-order valence-corrected chi connectivity index (χ3v) is 6.59. The summed E-state index contributed by atoms with van der Waals surface area (Å²) >= 11 is 12.4. The van der Waals surface area contributed by atoms with Crippen molar-refractivity contribution in [1.29, 1.82) is 0 Å². The van der Waals surface area contributed by atoms with E-state index in [-0.39, 0.29) is 18.1 Å². The Kier molecular flexibility index (Phi) is 8.08. The largest absolute Gasteiger partial charge is 0.370 e. The normalized spacial score (nSPS) is 13.6. The maximum atomic E-state index is 13.5. The van der Waals surface area contributed by atoms with Gasteiger partial charge in [-0.25, -0.2) is 4.98 Å². The molecule has 2 aromatic heterocycles. The van der Waals surface area contributed by atoms with Gasteiger partial charge in [0.05, 0.1) is 17.8 Å². The van der Waals surface area contributed by atoms with Gasteiger partial charge in [-0.1, -0.05) is 29.3 Å². The fraction of sp³-hybridized carbons (Fsp3) is 0.385. The molecule has 0 radical (unpaired) electrons. The maximum absolute atomic E-state index is 13.5. The number of carbonyl (C=O) groups excluding carboxylic acids is 2. The van der Waals surface area contributed by atoms with Crippen LogP contribution in [0.2, 0.25) is 10.0 Å². The first-order valence-electron chi connectivity index (χ1n) is 11.9. The molecule has 0 bridgehead atoms. The summed E-state index contributed by atoms with van der Waals surface area (Å²) in [5.74, 6) is 0.749. The van der Waals surface area contributed by atoms with E-state index in [1.807, 2.05) is 6.92 Å². The molecule has 4 rings (SSSR count). The average Bonchev–Trinajstić information content (AvgIpc) is 3.30. The topological polar surface area (TPSA) is 80.1 Å². The summed E-state index contributed by atoms with van der Waals surface area (Å²) in [5, 5.41) is 8.68. The Bertz CT molecular complexity index is 1210. The van der Waals surface area contributed by atoms with Crippen LogP contribution in [0.1, 0.15) is 59.9 Å². The smallest absolute Gasteiger partial charge is 0.257 e. The number of nitrogens with zero attached hydrogens (tertiary/aromatic N) is 4. The minimum Gasteiger partial charge on any atom is -0.370 e. The van der Waals surface area contributed by atoms with Gasteiger partial charge in [0.1, 0.15) is 11.6 Å². The van der Waals surface area contributed by atoms with Crippen molar-refractivity contribution in [2.75, 3.05) is 18.4 Å². The van der Waals surface area contributed by atoms with Gasteiger partial charge in [-0.15, -0.1) is 0 Å². The standard InChI is InChI=1S/C26H29Cl2N5O2/c1-3-33(24(11-17(2)34)19-12-21(27)14-22(28)13-19)26(35)20-15-30-32(16-20)10-8-23-7-6-18-5-4-9-29-25(18)31-23/h6-7,12-16,24H,3-5,8-11H2,1-2H3,(H,29,31). The predicted molar refractivity (Wildman–Crippen MR) is 138 cm³/mol. The minimum atomic E-state index is -0.475. The zero-order chi connectivity index (χ0) is 24.9. The van der Waals surface area contributed by atoms with Crippen molar-refractivity contribution in [3.63, 3.8) is 0 Å². The number of Topliss-reactive ketones (excluding diaryl/α,β-unsaturated/α-hetero) is 1. The Morgan fingerprint density at radius 2 is 1.97 bits per heavy atom. The summed E-state index contributed by atoms with van der Waals surface area (Å²) < 4.78 is 1.76. The fourth-order valence-electron chi connectivity index (χ4n) is 4.45.